The first-order valence-corrected chi connectivity index (χ1v) is 10.1. The molecule has 0 heterocycles. The van der Waals surface area contributed by atoms with Gasteiger partial charge in [0.2, 0.25) is 0 Å². The predicted molar refractivity (Wildman–Crippen MR) is 73.3 cm³/mol. The second kappa shape index (κ2) is 6.58. The smallest absolute Gasteiger partial charge is 0.354 e. The van der Waals surface area contributed by atoms with Crippen LogP contribution in [0.4, 0.5) is 0 Å². The molecule has 1 aliphatic rings. The Labute approximate surface area is 120 Å². The van der Waals surface area contributed by atoms with Gasteiger partial charge in [-0.3, -0.25) is 13.9 Å². The molecular formula is C9H18O8P2S. The topological polar surface area (TPSA) is 152 Å². The van der Waals surface area contributed by atoms with E-state index in [9.17, 15) is 28.8 Å². The fourth-order valence-corrected chi connectivity index (χ4v) is 6.43. The third-order valence-corrected chi connectivity index (χ3v) is 7.10. The second-order valence-corrected chi connectivity index (χ2v) is 9.85. The molecule has 0 spiro atoms. The van der Waals surface area contributed by atoms with Crippen LogP contribution in [0.2, 0.25) is 0 Å². The van der Waals surface area contributed by atoms with Crippen molar-refractivity contribution in [1.29, 1.82) is 0 Å². The minimum atomic E-state index is -5.02. The molecule has 0 amide bonds. The average Bonchev–Trinajstić information content (AvgIpc) is 2.61. The number of carbonyl (C=O) groups is 1. The standard InChI is InChI=1S/C9H18O8P2S/c1-5(10)20-7-3-2-6(4-7)8(18(12,13)14)9(11)19(15,16)17/h6-9,11H,2-4H2,1H3,(H2,12,13,14)(H2,15,16,17). The van der Waals surface area contributed by atoms with Gasteiger partial charge in [-0.25, -0.2) is 0 Å². The van der Waals surface area contributed by atoms with E-state index in [0.717, 1.165) is 11.8 Å². The zero-order chi connectivity index (χ0) is 15.7. The van der Waals surface area contributed by atoms with Gasteiger partial charge in [0.1, 0.15) is 5.66 Å². The number of rotatable bonds is 5. The van der Waals surface area contributed by atoms with Gasteiger partial charge >= 0.3 is 15.2 Å². The number of hydrogen-bond donors (Lipinski definition) is 5. The fraction of sp³-hybridized carbons (Fsp3) is 0.889. The van der Waals surface area contributed by atoms with E-state index >= 15 is 0 Å². The minimum Gasteiger partial charge on any atom is -0.380 e. The van der Waals surface area contributed by atoms with Crippen molar-refractivity contribution in [3.63, 3.8) is 0 Å². The molecule has 1 rings (SSSR count). The maximum absolute atomic E-state index is 11.5. The van der Waals surface area contributed by atoms with E-state index in [4.69, 9.17) is 9.79 Å². The quantitative estimate of drug-likeness (QED) is 0.446. The highest BCUT2D eigenvalue weighted by Gasteiger charge is 2.50. The van der Waals surface area contributed by atoms with E-state index in [1.165, 1.54) is 6.92 Å². The summed E-state index contributed by atoms with van der Waals surface area (Å²) in [5.74, 6) is -3.12. The van der Waals surface area contributed by atoms with Crippen LogP contribution < -0.4 is 0 Å². The summed E-state index contributed by atoms with van der Waals surface area (Å²) in [4.78, 5) is 47.4. The molecule has 118 valence electrons. The molecule has 0 aromatic carbocycles. The lowest BCUT2D eigenvalue weighted by Crippen LogP contribution is -2.32. The van der Waals surface area contributed by atoms with E-state index in [2.05, 4.69) is 0 Å². The molecule has 4 atom stereocenters. The van der Waals surface area contributed by atoms with Crippen molar-refractivity contribution in [2.24, 2.45) is 5.92 Å². The van der Waals surface area contributed by atoms with Crippen LogP contribution in [-0.2, 0) is 13.9 Å². The molecule has 0 bridgehead atoms. The lowest BCUT2D eigenvalue weighted by Gasteiger charge is -2.29. The molecule has 0 radical (unpaired) electrons. The van der Waals surface area contributed by atoms with Crippen LogP contribution in [-0.4, -0.2) is 46.5 Å². The van der Waals surface area contributed by atoms with Crippen LogP contribution in [0.3, 0.4) is 0 Å². The largest absolute Gasteiger partial charge is 0.380 e. The Morgan fingerprint density at radius 3 is 2.10 bits per heavy atom. The normalized spacial score (nSPS) is 27.3. The van der Waals surface area contributed by atoms with Crippen LogP contribution >= 0.6 is 27.0 Å². The summed E-state index contributed by atoms with van der Waals surface area (Å²) in [5.41, 5.74) is -1.80. The summed E-state index contributed by atoms with van der Waals surface area (Å²) in [6.45, 7) is 1.38. The lowest BCUT2D eigenvalue weighted by atomic mass is 10.0. The number of carbonyl (C=O) groups excluding carboxylic acids is 1. The molecule has 1 aliphatic carbocycles. The molecule has 11 heteroatoms. The third-order valence-electron chi connectivity index (χ3n) is 3.28. The Morgan fingerprint density at radius 2 is 1.70 bits per heavy atom. The van der Waals surface area contributed by atoms with Crippen molar-refractivity contribution in [3.05, 3.63) is 0 Å². The summed E-state index contributed by atoms with van der Waals surface area (Å²) in [6, 6.07) is 0. The maximum atomic E-state index is 11.5. The average molecular weight is 348 g/mol. The SMILES string of the molecule is CC(=O)SC1CCC(C(C(O)P(=O)(O)O)P(=O)(O)O)C1. The molecule has 5 N–H and O–H groups in total. The lowest BCUT2D eigenvalue weighted by molar-refractivity contribution is -0.109. The molecule has 0 aromatic rings. The molecule has 20 heavy (non-hydrogen) atoms. The van der Waals surface area contributed by atoms with Crippen LogP contribution in [0.15, 0.2) is 0 Å². The zero-order valence-electron chi connectivity index (χ0n) is 10.7. The molecular weight excluding hydrogens is 330 g/mol. The van der Waals surface area contributed by atoms with Gasteiger partial charge in [0.05, 0.1) is 0 Å². The summed E-state index contributed by atoms with van der Waals surface area (Å²) >= 11 is 1.05. The van der Waals surface area contributed by atoms with Crippen molar-refractivity contribution in [3.8, 4) is 0 Å². The number of aliphatic hydroxyl groups excluding tert-OH is 1. The van der Waals surface area contributed by atoms with Crippen molar-refractivity contribution in [2.45, 2.75) is 42.9 Å². The molecule has 1 fully saturated rings. The Bertz CT molecular complexity index is 457. The Hall–Kier alpha value is 0.280. The Balaban J connectivity index is 2.90. The van der Waals surface area contributed by atoms with Gasteiger partial charge in [-0.2, -0.15) is 0 Å². The Morgan fingerprint density at radius 1 is 1.15 bits per heavy atom. The molecule has 0 aliphatic heterocycles. The predicted octanol–water partition coefficient (Wildman–Crippen LogP) is 0.477. The van der Waals surface area contributed by atoms with Gasteiger partial charge in [-0.1, -0.05) is 11.8 Å². The minimum absolute atomic E-state index is 0.126. The van der Waals surface area contributed by atoms with Crippen LogP contribution in [0.1, 0.15) is 26.2 Å². The molecule has 1 saturated carbocycles. The first kappa shape index (κ1) is 18.3. The van der Waals surface area contributed by atoms with Crippen LogP contribution in [0.25, 0.3) is 0 Å². The highest BCUT2D eigenvalue weighted by atomic mass is 32.2. The van der Waals surface area contributed by atoms with Crippen molar-refractivity contribution in [1.82, 2.24) is 0 Å². The Kier molecular flexibility index (Phi) is 6.03. The highest BCUT2D eigenvalue weighted by molar-refractivity contribution is 8.14. The highest BCUT2D eigenvalue weighted by Crippen LogP contribution is 2.58. The van der Waals surface area contributed by atoms with Crippen molar-refractivity contribution in [2.75, 3.05) is 0 Å². The van der Waals surface area contributed by atoms with Gasteiger partial charge in [0.25, 0.3) is 0 Å². The van der Waals surface area contributed by atoms with Gasteiger partial charge in [0, 0.05) is 12.2 Å². The van der Waals surface area contributed by atoms with Crippen molar-refractivity contribution < 1.29 is 38.6 Å². The molecule has 4 unspecified atom stereocenters. The van der Waals surface area contributed by atoms with Gasteiger partial charge in [-0.05, 0) is 25.2 Å². The first-order valence-electron chi connectivity index (χ1n) is 5.88. The van der Waals surface area contributed by atoms with E-state index in [1.807, 2.05) is 0 Å². The number of hydrogen-bond acceptors (Lipinski definition) is 5. The van der Waals surface area contributed by atoms with Crippen molar-refractivity contribution >= 4 is 32.1 Å². The fourth-order valence-electron chi connectivity index (χ4n) is 2.52. The van der Waals surface area contributed by atoms with Gasteiger partial charge in [0.15, 0.2) is 11.0 Å². The maximum Gasteiger partial charge on any atom is 0.354 e. The monoisotopic (exact) mass is 348 g/mol. The summed E-state index contributed by atoms with van der Waals surface area (Å²) in [6.07, 6.45) is 1.05. The van der Waals surface area contributed by atoms with E-state index < -0.39 is 32.6 Å². The van der Waals surface area contributed by atoms with Crippen LogP contribution in [0, 0.1) is 5.92 Å². The van der Waals surface area contributed by atoms with Gasteiger partial charge < -0.3 is 24.7 Å². The number of aliphatic hydroxyl groups is 1. The van der Waals surface area contributed by atoms with E-state index in [1.54, 1.807) is 0 Å². The second-order valence-electron chi connectivity index (χ2n) is 4.89. The summed E-state index contributed by atoms with van der Waals surface area (Å²) in [7, 11) is -9.89. The molecule has 0 saturated heterocycles. The van der Waals surface area contributed by atoms with E-state index in [0.29, 0.717) is 12.8 Å². The molecule has 0 aromatic heterocycles. The molecule has 8 nitrogen and oxygen atoms in total. The van der Waals surface area contributed by atoms with Gasteiger partial charge in [-0.15, -0.1) is 0 Å². The third kappa shape index (κ3) is 4.93. The first-order chi connectivity index (χ1) is 8.93. The number of thioether (sulfide) groups is 1. The zero-order valence-corrected chi connectivity index (χ0v) is 13.3. The summed E-state index contributed by atoms with van der Waals surface area (Å²) < 4.78 is 22.5. The summed E-state index contributed by atoms with van der Waals surface area (Å²) in [5, 5.41) is 9.31. The van der Waals surface area contributed by atoms with Crippen LogP contribution in [0.5, 0.6) is 0 Å². The van der Waals surface area contributed by atoms with E-state index in [-0.39, 0.29) is 16.8 Å².